The second-order valence-corrected chi connectivity index (χ2v) is 5.24. The van der Waals surface area contributed by atoms with Crippen LogP contribution in [-0.4, -0.2) is 15.7 Å². The van der Waals surface area contributed by atoms with E-state index in [-0.39, 0.29) is 6.10 Å². The number of hydrogen-bond acceptors (Lipinski definition) is 3. The molecular formula is C16H23N3O. The van der Waals surface area contributed by atoms with E-state index in [2.05, 4.69) is 16.5 Å². The molecule has 0 amide bonds. The maximum atomic E-state index is 6.23. The summed E-state index contributed by atoms with van der Waals surface area (Å²) in [5.41, 5.74) is 8.07. The fourth-order valence-corrected chi connectivity index (χ4v) is 2.29. The maximum absolute atomic E-state index is 6.23. The zero-order chi connectivity index (χ0) is 14.7. The van der Waals surface area contributed by atoms with Crippen molar-refractivity contribution in [2.24, 2.45) is 0 Å². The van der Waals surface area contributed by atoms with Gasteiger partial charge in [0, 0.05) is 12.1 Å². The van der Waals surface area contributed by atoms with E-state index >= 15 is 0 Å². The number of benzene rings is 1. The predicted molar refractivity (Wildman–Crippen MR) is 82.9 cm³/mol. The zero-order valence-electron chi connectivity index (χ0n) is 12.7. The van der Waals surface area contributed by atoms with Gasteiger partial charge in [0.05, 0.1) is 6.10 Å². The van der Waals surface area contributed by atoms with Crippen LogP contribution in [0, 0.1) is 6.92 Å². The molecule has 0 bridgehead atoms. The number of rotatable bonds is 5. The van der Waals surface area contributed by atoms with Crippen LogP contribution in [0.4, 0.5) is 5.82 Å². The van der Waals surface area contributed by atoms with Crippen LogP contribution in [-0.2, 0) is 6.54 Å². The van der Waals surface area contributed by atoms with Crippen molar-refractivity contribution < 1.29 is 4.74 Å². The molecule has 0 saturated carbocycles. The van der Waals surface area contributed by atoms with Crippen molar-refractivity contribution in [1.29, 1.82) is 0 Å². The van der Waals surface area contributed by atoms with E-state index in [0.717, 1.165) is 41.6 Å². The molecule has 0 saturated heterocycles. The Labute approximate surface area is 120 Å². The quantitative estimate of drug-likeness (QED) is 0.905. The molecule has 2 aromatic rings. The Morgan fingerprint density at radius 1 is 1.35 bits per heavy atom. The lowest BCUT2D eigenvalue weighted by Gasteiger charge is -2.10. The molecule has 0 radical (unpaired) electrons. The minimum atomic E-state index is 0.155. The predicted octanol–water partition coefficient (Wildman–Crippen LogP) is 3.64. The Balaban J connectivity index is 2.39. The summed E-state index contributed by atoms with van der Waals surface area (Å²) in [6, 6.07) is 7.94. The molecule has 1 aromatic heterocycles. The Morgan fingerprint density at radius 2 is 2.10 bits per heavy atom. The van der Waals surface area contributed by atoms with E-state index in [0.29, 0.717) is 0 Å². The first-order valence-corrected chi connectivity index (χ1v) is 7.12. The van der Waals surface area contributed by atoms with Crippen LogP contribution in [0.1, 0.15) is 33.0 Å². The highest BCUT2D eigenvalue weighted by molar-refractivity contribution is 5.72. The molecule has 0 atom stereocenters. The summed E-state index contributed by atoms with van der Waals surface area (Å²) in [5.74, 6) is 2.53. The van der Waals surface area contributed by atoms with Gasteiger partial charge in [-0.3, -0.25) is 0 Å². The van der Waals surface area contributed by atoms with Crippen LogP contribution in [0.5, 0.6) is 5.75 Å². The molecule has 0 spiro atoms. The fourth-order valence-electron chi connectivity index (χ4n) is 2.29. The van der Waals surface area contributed by atoms with Crippen LogP contribution in [0.15, 0.2) is 24.3 Å². The van der Waals surface area contributed by atoms with E-state index in [1.54, 1.807) is 0 Å². The van der Waals surface area contributed by atoms with Gasteiger partial charge in [-0.05, 0) is 39.3 Å². The smallest absolute Gasteiger partial charge is 0.131 e. The average molecular weight is 273 g/mol. The molecule has 20 heavy (non-hydrogen) atoms. The zero-order valence-corrected chi connectivity index (χ0v) is 12.7. The van der Waals surface area contributed by atoms with Crippen molar-refractivity contribution in [1.82, 2.24) is 9.55 Å². The molecule has 0 aliphatic heterocycles. The molecular weight excluding hydrogens is 250 g/mol. The van der Waals surface area contributed by atoms with Gasteiger partial charge in [-0.2, -0.15) is 0 Å². The van der Waals surface area contributed by atoms with Crippen LogP contribution in [0.3, 0.4) is 0 Å². The van der Waals surface area contributed by atoms with Gasteiger partial charge >= 0.3 is 0 Å². The van der Waals surface area contributed by atoms with Crippen molar-refractivity contribution >= 4 is 5.82 Å². The molecule has 2 rings (SSSR count). The Kier molecular flexibility index (Phi) is 4.32. The summed E-state index contributed by atoms with van der Waals surface area (Å²) in [7, 11) is 0. The largest absolute Gasteiger partial charge is 0.491 e. The topological polar surface area (TPSA) is 53.1 Å². The normalized spacial score (nSPS) is 11.1. The van der Waals surface area contributed by atoms with E-state index in [9.17, 15) is 0 Å². The van der Waals surface area contributed by atoms with Crippen LogP contribution in [0.2, 0.25) is 0 Å². The standard InChI is InChI=1S/C16H23N3O/c1-5-9-19-12(4)18-15(16(19)17)13-7-6-8-14(10-13)20-11(2)3/h6-8,10-11H,5,9,17H2,1-4H3. The summed E-state index contributed by atoms with van der Waals surface area (Å²) in [6.07, 6.45) is 1.19. The number of nitrogen functional groups attached to an aromatic ring is 1. The van der Waals surface area contributed by atoms with E-state index in [4.69, 9.17) is 10.5 Å². The molecule has 0 fully saturated rings. The number of aryl methyl sites for hydroxylation is 1. The first-order chi connectivity index (χ1) is 9.52. The van der Waals surface area contributed by atoms with Crippen molar-refractivity contribution in [2.45, 2.75) is 46.8 Å². The molecule has 4 heteroatoms. The summed E-state index contributed by atoms with van der Waals surface area (Å²) >= 11 is 0. The molecule has 0 aliphatic carbocycles. The van der Waals surface area contributed by atoms with Crippen LogP contribution in [0.25, 0.3) is 11.3 Å². The SMILES string of the molecule is CCCn1c(C)nc(-c2cccc(OC(C)C)c2)c1N. The summed E-state index contributed by atoms with van der Waals surface area (Å²) in [5, 5.41) is 0. The van der Waals surface area contributed by atoms with Gasteiger partial charge in [-0.25, -0.2) is 4.98 Å². The van der Waals surface area contributed by atoms with Gasteiger partial charge in [0.25, 0.3) is 0 Å². The lowest BCUT2D eigenvalue weighted by atomic mass is 10.1. The number of aromatic nitrogens is 2. The number of anilines is 1. The molecule has 0 aliphatic rings. The highest BCUT2D eigenvalue weighted by Crippen LogP contribution is 2.29. The fraction of sp³-hybridized carbons (Fsp3) is 0.438. The second-order valence-electron chi connectivity index (χ2n) is 5.24. The summed E-state index contributed by atoms with van der Waals surface area (Å²) in [6.45, 7) is 9.05. The minimum absolute atomic E-state index is 0.155. The molecule has 1 heterocycles. The van der Waals surface area contributed by atoms with E-state index in [1.807, 2.05) is 45.0 Å². The first kappa shape index (κ1) is 14.4. The van der Waals surface area contributed by atoms with Crippen molar-refractivity contribution in [2.75, 3.05) is 5.73 Å². The molecule has 0 unspecified atom stereocenters. The van der Waals surface area contributed by atoms with E-state index < -0.39 is 0 Å². The average Bonchev–Trinajstić information content (AvgIpc) is 2.67. The van der Waals surface area contributed by atoms with Crippen LogP contribution >= 0.6 is 0 Å². The highest BCUT2D eigenvalue weighted by atomic mass is 16.5. The molecule has 2 N–H and O–H groups in total. The van der Waals surface area contributed by atoms with E-state index in [1.165, 1.54) is 0 Å². The first-order valence-electron chi connectivity index (χ1n) is 7.12. The summed E-state index contributed by atoms with van der Waals surface area (Å²) < 4.78 is 7.79. The number of hydrogen-bond donors (Lipinski definition) is 1. The number of nitrogens with two attached hydrogens (primary N) is 1. The monoisotopic (exact) mass is 273 g/mol. The number of imidazole rings is 1. The molecule has 1 aromatic carbocycles. The number of ether oxygens (including phenoxy) is 1. The molecule has 108 valence electrons. The van der Waals surface area contributed by atoms with Gasteiger partial charge in [0.2, 0.25) is 0 Å². The maximum Gasteiger partial charge on any atom is 0.131 e. The number of nitrogens with zero attached hydrogens (tertiary/aromatic N) is 2. The third-order valence-corrected chi connectivity index (χ3v) is 3.12. The Bertz CT molecular complexity index is 587. The van der Waals surface area contributed by atoms with Gasteiger partial charge in [-0.1, -0.05) is 19.1 Å². The second kappa shape index (κ2) is 5.99. The lowest BCUT2D eigenvalue weighted by Crippen LogP contribution is -2.05. The van der Waals surface area contributed by atoms with Gasteiger partial charge in [-0.15, -0.1) is 0 Å². The minimum Gasteiger partial charge on any atom is -0.491 e. The highest BCUT2D eigenvalue weighted by Gasteiger charge is 2.13. The Morgan fingerprint density at radius 3 is 2.75 bits per heavy atom. The molecule has 4 nitrogen and oxygen atoms in total. The van der Waals surface area contributed by atoms with Gasteiger partial charge < -0.3 is 15.0 Å². The van der Waals surface area contributed by atoms with Crippen molar-refractivity contribution in [3.63, 3.8) is 0 Å². The van der Waals surface area contributed by atoms with Crippen LogP contribution < -0.4 is 10.5 Å². The third kappa shape index (κ3) is 2.95. The Hall–Kier alpha value is -1.97. The van der Waals surface area contributed by atoms with Crippen molar-refractivity contribution in [3.8, 4) is 17.0 Å². The van der Waals surface area contributed by atoms with Gasteiger partial charge in [0.1, 0.15) is 23.1 Å². The van der Waals surface area contributed by atoms with Gasteiger partial charge in [0.15, 0.2) is 0 Å². The van der Waals surface area contributed by atoms with Crippen molar-refractivity contribution in [3.05, 3.63) is 30.1 Å². The lowest BCUT2D eigenvalue weighted by molar-refractivity contribution is 0.242. The third-order valence-electron chi connectivity index (χ3n) is 3.12. The summed E-state index contributed by atoms with van der Waals surface area (Å²) in [4.78, 5) is 4.60.